The van der Waals surface area contributed by atoms with Crippen molar-refractivity contribution >= 4 is 5.91 Å². The summed E-state index contributed by atoms with van der Waals surface area (Å²) in [6, 6.07) is 0. The highest BCUT2D eigenvalue weighted by Gasteiger charge is 2.12. The number of primary amides is 1. The fraction of sp³-hybridized carbons (Fsp3) is 0.444. The highest BCUT2D eigenvalue weighted by atomic mass is 16.1. The third-order valence-electron chi connectivity index (χ3n) is 1.95. The van der Waals surface area contributed by atoms with Gasteiger partial charge in [-0.15, -0.1) is 0 Å². The van der Waals surface area contributed by atoms with E-state index < -0.39 is 0 Å². The number of nitrogens with two attached hydrogens (primary N) is 1. The number of carbonyl (C=O) groups is 1. The van der Waals surface area contributed by atoms with E-state index in [1.54, 1.807) is 0 Å². The minimum Gasteiger partial charge on any atom is -0.369 e. The summed E-state index contributed by atoms with van der Waals surface area (Å²) in [6.07, 6.45) is 8.25. The molecule has 0 bridgehead atoms. The highest BCUT2D eigenvalue weighted by molar-refractivity contribution is 5.80. The first-order valence-corrected chi connectivity index (χ1v) is 3.87. The lowest BCUT2D eigenvalue weighted by molar-refractivity contribution is -0.120. The van der Waals surface area contributed by atoms with E-state index in [0.717, 1.165) is 18.4 Å². The van der Waals surface area contributed by atoms with Crippen molar-refractivity contribution in [3.8, 4) is 0 Å². The number of rotatable bonds is 2. The lowest BCUT2D eigenvalue weighted by Gasteiger charge is -2.11. The molecule has 1 amide bonds. The van der Waals surface area contributed by atoms with Gasteiger partial charge in [0.2, 0.25) is 5.91 Å². The molecule has 1 rings (SSSR count). The topological polar surface area (TPSA) is 43.1 Å². The third-order valence-corrected chi connectivity index (χ3v) is 1.95. The van der Waals surface area contributed by atoms with Gasteiger partial charge in [0.1, 0.15) is 0 Å². The molecule has 0 aromatic carbocycles. The zero-order valence-corrected chi connectivity index (χ0v) is 6.71. The van der Waals surface area contributed by atoms with Crippen molar-refractivity contribution in [1.82, 2.24) is 0 Å². The molecule has 0 saturated heterocycles. The molecule has 2 nitrogen and oxygen atoms in total. The van der Waals surface area contributed by atoms with Gasteiger partial charge in [0, 0.05) is 0 Å². The first-order chi connectivity index (χ1) is 5.22. The molecule has 0 fully saturated rings. The Hall–Kier alpha value is -1.05. The predicted octanol–water partition coefficient (Wildman–Crippen LogP) is 1.38. The van der Waals surface area contributed by atoms with Crippen LogP contribution in [-0.2, 0) is 4.79 Å². The maximum atomic E-state index is 10.7. The van der Waals surface area contributed by atoms with Crippen LogP contribution < -0.4 is 5.73 Å². The molecule has 2 N–H and O–H groups in total. The van der Waals surface area contributed by atoms with Crippen molar-refractivity contribution < 1.29 is 4.79 Å². The van der Waals surface area contributed by atoms with Crippen LogP contribution >= 0.6 is 0 Å². The summed E-state index contributed by atoms with van der Waals surface area (Å²) in [4.78, 5) is 10.7. The average Bonchev–Trinajstić information content (AvgIpc) is 2.05. The van der Waals surface area contributed by atoms with Gasteiger partial charge in [-0.1, -0.05) is 18.2 Å². The second kappa shape index (κ2) is 3.37. The van der Waals surface area contributed by atoms with Crippen molar-refractivity contribution in [2.75, 3.05) is 0 Å². The molecule has 0 heterocycles. The Balaban J connectivity index is 2.66. The molecule has 1 aliphatic carbocycles. The monoisotopic (exact) mass is 151 g/mol. The molecule has 0 radical (unpaired) electrons. The van der Waals surface area contributed by atoms with Gasteiger partial charge in [-0.2, -0.15) is 0 Å². The average molecular weight is 151 g/mol. The van der Waals surface area contributed by atoms with E-state index in [1.807, 2.05) is 13.0 Å². The van der Waals surface area contributed by atoms with Crippen molar-refractivity contribution in [1.29, 1.82) is 0 Å². The van der Waals surface area contributed by atoms with Gasteiger partial charge in [-0.25, -0.2) is 0 Å². The van der Waals surface area contributed by atoms with E-state index in [-0.39, 0.29) is 11.8 Å². The van der Waals surface area contributed by atoms with Crippen molar-refractivity contribution in [3.05, 3.63) is 23.8 Å². The number of carbonyl (C=O) groups excluding carboxylic acids is 1. The summed E-state index contributed by atoms with van der Waals surface area (Å²) in [5.74, 6) is -0.380. The molecule has 0 aromatic rings. The molecule has 1 unspecified atom stereocenters. The van der Waals surface area contributed by atoms with Crippen molar-refractivity contribution in [3.63, 3.8) is 0 Å². The van der Waals surface area contributed by atoms with E-state index in [2.05, 4.69) is 12.2 Å². The van der Waals surface area contributed by atoms with Gasteiger partial charge in [-0.05, 0) is 25.3 Å². The van der Waals surface area contributed by atoms with Gasteiger partial charge in [0.15, 0.2) is 0 Å². The summed E-state index contributed by atoms with van der Waals surface area (Å²) in [6.45, 7) is 1.84. The Labute approximate surface area is 66.8 Å². The van der Waals surface area contributed by atoms with Crippen LogP contribution in [0.5, 0.6) is 0 Å². The van der Waals surface area contributed by atoms with Gasteiger partial charge in [0.05, 0.1) is 5.92 Å². The molecule has 60 valence electrons. The minimum atomic E-state index is -0.247. The minimum absolute atomic E-state index is 0.133. The molecule has 0 spiro atoms. The highest BCUT2D eigenvalue weighted by Crippen LogP contribution is 2.17. The number of allylic oxidation sites excluding steroid dienone is 3. The zero-order chi connectivity index (χ0) is 8.27. The Morgan fingerprint density at radius 3 is 2.82 bits per heavy atom. The van der Waals surface area contributed by atoms with Crippen LogP contribution in [0.3, 0.4) is 0 Å². The van der Waals surface area contributed by atoms with Crippen molar-refractivity contribution in [2.24, 2.45) is 11.7 Å². The third kappa shape index (κ3) is 1.93. The van der Waals surface area contributed by atoms with E-state index >= 15 is 0 Å². The van der Waals surface area contributed by atoms with Crippen LogP contribution in [0.4, 0.5) is 0 Å². The van der Waals surface area contributed by atoms with Crippen LogP contribution in [-0.4, -0.2) is 5.91 Å². The predicted molar refractivity (Wildman–Crippen MR) is 44.8 cm³/mol. The molecular formula is C9H13NO. The quantitative estimate of drug-likeness (QED) is 0.636. The summed E-state index contributed by atoms with van der Waals surface area (Å²) in [5, 5.41) is 0. The standard InChI is InChI=1S/C9H13NO/c1-7(9(10)11)8-5-3-2-4-6-8/h3,5-7H,2,4H2,1H3,(H2,10,11). The number of hydrogen-bond acceptors (Lipinski definition) is 1. The lowest BCUT2D eigenvalue weighted by atomic mass is 9.95. The normalized spacial score (nSPS) is 19.2. The van der Waals surface area contributed by atoms with E-state index in [4.69, 9.17) is 5.73 Å². The zero-order valence-electron chi connectivity index (χ0n) is 6.71. The molecule has 11 heavy (non-hydrogen) atoms. The van der Waals surface area contributed by atoms with Gasteiger partial charge < -0.3 is 5.73 Å². The fourth-order valence-electron chi connectivity index (χ4n) is 1.12. The van der Waals surface area contributed by atoms with Gasteiger partial charge >= 0.3 is 0 Å². The number of hydrogen-bond donors (Lipinski definition) is 1. The van der Waals surface area contributed by atoms with E-state index in [1.165, 1.54) is 0 Å². The smallest absolute Gasteiger partial charge is 0.224 e. The van der Waals surface area contributed by atoms with Crippen LogP contribution in [0.2, 0.25) is 0 Å². The van der Waals surface area contributed by atoms with Crippen LogP contribution in [0.25, 0.3) is 0 Å². The van der Waals surface area contributed by atoms with E-state index in [0.29, 0.717) is 0 Å². The molecule has 0 aromatic heterocycles. The first kappa shape index (κ1) is 8.05. The Morgan fingerprint density at radius 1 is 1.64 bits per heavy atom. The van der Waals surface area contributed by atoms with Crippen molar-refractivity contribution in [2.45, 2.75) is 19.8 Å². The fourth-order valence-corrected chi connectivity index (χ4v) is 1.12. The maximum Gasteiger partial charge on any atom is 0.224 e. The van der Waals surface area contributed by atoms with E-state index in [9.17, 15) is 4.79 Å². The maximum absolute atomic E-state index is 10.7. The Kier molecular flexibility index (Phi) is 2.47. The summed E-state index contributed by atoms with van der Waals surface area (Å²) >= 11 is 0. The largest absolute Gasteiger partial charge is 0.369 e. The molecule has 1 atom stereocenters. The molecule has 1 aliphatic rings. The van der Waals surface area contributed by atoms with Crippen LogP contribution in [0.1, 0.15) is 19.8 Å². The molecular weight excluding hydrogens is 138 g/mol. The Morgan fingerprint density at radius 2 is 2.36 bits per heavy atom. The van der Waals surface area contributed by atoms with Gasteiger partial charge in [0.25, 0.3) is 0 Å². The second-order valence-corrected chi connectivity index (χ2v) is 2.81. The summed E-state index contributed by atoms with van der Waals surface area (Å²) in [5.41, 5.74) is 6.21. The SMILES string of the molecule is CC(C(N)=O)C1=CCCC=C1. The summed E-state index contributed by atoms with van der Waals surface area (Å²) < 4.78 is 0. The lowest BCUT2D eigenvalue weighted by Crippen LogP contribution is -2.21. The number of amides is 1. The summed E-state index contributed by atoms with van der Waals surface area (Å²) in [7, 11) is 0. The first-order valence-electron chi connectivity index (χ1n) is 3.87. The second-order valence-electron chi connectivity index (χ2n) is 2.81. The Bertz CT molecular complexity index is 216. The van der Waals surface area contributed by atoms with Gasteiger partial charge in [-0.3, -0.25) is 4.79 Å². The molecule has 0 saturated carbocycles. The molecule has 0 aliphatic heterocycles. The van der Waals surface area contributed by atoms with Crippen LogP contribution in [0.15, 0.2) is 23.8 Å². The van der Waals surface area contributed by atoms with Crippen LogP contribution in [0, 0.1) is 5.92 Å². The molecule has 2 heteroatoms.